The number of aliphatic hydroxyl groups excluding tert-OH is 1. The summed E-state index contributed by atoms with van der Waals surface area (Å²) in [5.41, 5.74) is 0.838. The van der Waals surface area contributed by atoms with Crippen molar-refractivity contribution < 1.29 is 5.11 Å². The minimum absolute atomic E-state index is 0.124. The monoisotopic (exact) mass is 173 g/mol. The minimum Gasteiger partial charge on any atom is -0.507 e. The topological polar surface area (TPSA) is 32.3 Å². The number of rotatable bonds is 3. The van der Waals surface area contributed by atoms with Crippen molar-refractivity contribution in [2.45, 2.75) is 6.92 Å². The van der Waals surface area contributed by atoms with Gasteiger partial charge in [-0.05, 0) is 13.0 Å². The van der Waals surface area contributed by atoms with Gasteiger partial charge in [-0.1, -0.05) is 24.3 Å². The highest BCUT2D eigenvalue weighted by atomic mass is 35.5. The van der Waals surface area contributed by atoms with E-state index in [9.17, 15) is 0 Å². The molecule has 0 unspecified atom stereocenters. The summed E-state index contributed by atoms with van der Waals surface area (Å²) in [6, 6.07) is 0. The molecule has 62 valence electrons. The van der Waals surface area contributed by atoms with E-state index >= 15 is 0 Å². The standard InChI is InChI=1S/C8H12ClNO/c1-4-7(10-3)5-8(9)6(2)11/h4-5,10-11H,2H2,1,3H3/b7-4+,8-5+. The molecule has 0 aromatic rings. The summed E-state index contributed by atoms with van der Waals surface area (Å²) in [5.74, 6) is -0.124. The van der Waals surface area contributed by atoms with Crippen molar-refractivity contribution in [2.75, 3.05) is 7.05 Å². The van der Waals surface area contributed by atoms with Gasteiger partial charge in [0.05, 0.1) is 5.03 Å². The number of hydrogen-bond donors (Lipinski definition) is 2. The van der Waals surface area contributed by atoms with Crippen LogP contribution in [0.5, 0.6) is 0 Å². The highest BCUT2D eigenvalue weighted by Gasteiger charge is 1.95. The van der Waals surface area contributed by atoms with E-state index in [1.807, 2.05) is 13.0 Å². The predicted molar refractivity (Wildman–Crippen MR) is 48.5 cm³/mol. The van der Waals surface area contributed by atoms with E-state index in [0.29, 0.717) is 0 Å². The molecule has 0 spiro atoms. The van der Waals surface area contributed by atoms with E-state index in [4.69, 9.17) is 16.7 Å². The molecule has 0 aliphatic rings. The van der Waals surface area contributed by atoms with Gasteiger partial charge in [-0.25, -0.2) is 0 Å². The van der Waals surface area contributed by atoms with E-state index in [2.05, 4.69) is 11.9 Å². The zero-order chi connectivity index (χ0) is 8.85. The van der Waals surface area contributed by atoms with Crippen LogP contribution >= 0.6 is 11.6 Å². The first-order chi connectivity index (χ1) is 5.11. The molecule has 0 atom stereocenters. The Kier molecular flexibility index (Phi) is 4.46. The Labute approximate surface area is 71.9 Å². The van der Waals surface area contributed by atoms with E-state index in [1.54, 1.807) is 13.1 Å². The molecular weight excluding hydrogens is 162 g/mol. The summed E-state index contributed by atoms with van der Waals surface area (Å²) in [5, 5.41) is 11.9. The lowest BCUT2D eigenvalue weighted by atomic mass is 10.3. The Bertz CT molecular complexity index is 206. The highest BCUT2D eigenvalue weighted by molar-refractivity contribution is 6.31. The van der Waals surface area contributed by atoms with E-state index < -0.39 is 0 Å². The van der Waals surface area contributed by atoms with E-state index in [1.165, 1.54) is 0 Å². The maximum Gasteiger partial charge on any atom is 0.127 e. The molecule has 0 heterocycles. The Hall–Kier alpha value is -0.890. The number of halogens is 1. The molecule has 0 rings (SSSR count). The van der Waals surface area contributed by atoms with Crippen molar-refractivity contribution in [1.29, 1.82) is 0 Å². The molecule has 11 heavy (non-hydrogen) atoms. The van der Waals surface area contributed by atoms with E-state index in [-0.39, 0.29) is 10.8 Å². The second-order valence-electron chi connectivity index (χ2n) is 1.93. The largest absolute Gasteiger partial charge is 0.507 e. The number of allylic oxidation sites excluding steroid dienone is 3. The van der Waals surface area contributed by atoms with Crippen molar-refractivity contribution in [2.24, 2.45) is 0 Å². The van der Waals surface area contributed by atoms with Crippen LogP contribution in [0.2, 0.25) is 0 Å². The summed E-state index contributed by atoms with van der Waals surface area (Å²) in [6.45, 7) is 5.14. The third-order valence-corrected chi connectivity index (χ3v) is 1.48. The molecule has 0 aliphatic heterocycles. The van der Waals surface area contributed by atoms with Crippen LogP contribution in [-0.2, 0) is 0 Å². The van der Waals surface area contributed by atoms with Gasteiger partial charge in [-0.15, -0.1) is 0 Å². The number of nitrogens with one attached hydrogen (secondary N) is 1. The molecule has 0 amide bonds. The smallest absolute Gasteiger partial charge is 0.127 e. The minimum atomic E-state index is -0.124. The SMILES string of the molecule is C=C(O)/C(Cl)=C\C(=C/C)NC. The van der Waals surface area contributed by atoms with Gasteiger partial charge in [0, 0.05) is 12.7 Å². The first-order valence-corrected chi connectivity index (χ1v) is 3.59. The molecule has 2 nitrogen and oxygen atoms in total. The fourth-order valence-corrected chi connectivity index (χ4v) is 0.637. The van der Waals surface area contributed by atoms with Gasteiger partial charge in [0.2, 0.25) is 0 Å². The van der Waals surface area contributed by atoms with Crippen molar-refractivity contribution in [3.05, 3.63) is 35.2 Å². The second kappa shape index (κ2) is 4.85. The normalized spacial score (nSPS) is 13.0. The van der Waals surface area contributed by atoms with Gasteiger partial charge in [-0.2, -0.15) is 0 Å². The van der Waals surface area contributed by atoms with Gasteiger partial charge < -0.3 is 10.4 Å². The quantitative estimate of drug-likeness (QED) is 0.507. The molecule has 0 aromatic carbocycles. The van der Waals surface area contributed by atoms with Crippen molar-refractivity contribution in [3.8, 4) is 0 Å². The van der Waals surface area contributed by atoms with Gasteiger partial charge in [-0.3, -0.25) is 0 Å². The summed E-state index contributed by atoms with van der Waals surface area (Å²) < 4.78 is 0. The van der Waals surface area contributed by atoms with Crippen molar-refractivity contribution in [1.82, 2.24) is 5.32 Å². The molecule has 0 radical (unpaired) electrons. The third kappa shape index (κ3) is 3.73. The van der Waals surface area contributed by atoms with Crippen LogP contribution in [0.4, 0.5) is 0 Å². The van der Waals surface area contributed by atoms with Crippen LogP contribution in [0.3, 0.4) is 0 Å². The third-order valence-electron chi connectivity index (χ3n) is 1.16. The van der Waals surface area contributed by atoms with Gasteiger partial charge >= 0.3 is 0 Å². The van der Waals surface area contributed by atoms with Crippen molar-refractivity contribution >= 4 is 11.6 Å². The van der Waals surface area contributed by atoms with Crippen LogP contribution in [0.15, 0.2) is 35.2 Å². The molecule has 0 aliphatic carbocycles. The fourth-order valence-electron chi connectivity index (χ4n) is 0.520. The lowest BCUT2D eigenvalue weighted by Crippen LogP contribution is -2.02. The Morgan fingerprint density at radius 3 is 2.45 bits per heavy atom. The van der Waals surface area contributed by atoms with Crippen LogP contribution < -0.4 is 5.32 Å². The fraction of sp³-hybridized carbons (Fsp3) is 0.250. The highest BCUT2D eigenvalue weighted by Crippen LogP contribution is 2.11. The molecule has 0 saturated heterocycles. The zero-order valence-corrected chi connectivity index (χ0v) is 7.44. The number of likely N-dealkylation sites (N-methyl/N-ethyl adjacent to an activating group) is 1. The molecule has 3 heteroatoms. The number of aliphatic hydroxyl groups is 1. The van der Waals surface area contributed by atoms with Gasteiger partial charge in [0.1, 0.15) is 5.76 Å². The summed E-state index contributed by atoms with van der Waals surface area (Å²) in [4.78, 5) is 0. The lowest BCUT2D eigenvalue weighted by molar-refractivity contribution is 0.432. The molecule has 0 bridgehead atoms. The van der Waals surface area contributed by atoms with Crippen LogP contribution in [-0.4, -0.2) is 12.2 Å². The lowest BCUT2D eigenvalue weighted by Gasteiger charge is -2.00. The molecule has 0 fully saturated rings. The van der Waals surface area contributed by atoms with Gasteiger partial charge in [0.25, 0.3) is 0 Å². The summed E-state index contributed by atoms with van der Waals surface area (Å²) in [6.07, 6.45) is 3.44. The maximum absolute atomic E-state index is 8.81. The first-order valence-electron chi connectivity index (χ1n) is 3.21. The maximum atomic E-state index is 8.81. The summed E-state index contributed by atoms with van der Waals surface area (Å²) in [7, 11) is 1.77. The van der Waals surface area contributed by atoms with Crippen molar-refractivity contribution in [3.63, 3.8) is 0 Å². The summed E-state index contributed by atoms with van der Waals surface area (Å²) >= 11 is 5.60. The Morgan fingerprint density at radius 2 is 2.18 bits per heavy atom. The molecule has 0 aromatic heterocycles. The average Bonchev–Trinajstić information content (AvgIpc) is 1.99. The number of hydrogen-bond acceptors (Lipinski definition) is 2. The Morgan fingerprint density at radius 1 is 1.64 bits per heavy atom. The average molecular weight is 174 g/mol. The first kappa shape index (κ1) is 10.1. The zero-order valence-electron chi connectivity index (χ0n) is 6.69. The molecule has 0 saturated carbocycles. The predicted octanol–water partition coefficient (Wildman–Crippen LogP) is 2.30. The Balaban J connectivity index is 4.40. The van der Waals surface area contributed by atoms with Crippen LogP contribution in [0, 0.1) is 0 Å². The van der Waals surface area contributed by atoms with E-state index in [0.717, 1.165) is 5.70 Å². The second-order valence-corrected chi connectivity index (χ2v) is 2.34. The molecular formula is C8H12ClNO. The van der Waals surface area contributed by atoms with Gasteiger partial charge in [0.15, 0.2) is 0 Å². The van der Waals surface area contributed by atoms with Crippen LogP contribution in [0.25, 0.3) is 0 Å². The molecule has 2 N–H and O–H groups in total. The van der Waals surface area contributed by atoms with Crippen LogP contribution in [0.1, 0.15) is 6.92 Å².